The molecule has 1 aromatic carbocycles. The van der Waals surface area contributed by atoms with Crippen molar-refractivity contribution in [1.29, 1.82) is 0 Å². The Morgan fingerprint density at radius 2 is 2.04 bits per heavy atom. The zero-order valence-corrected chi connectivity index (χ0v) is 16.2. The molecule has 4 N–H and O–H groups in total. The number of nitrogens with one attached hydrogen (secondary N) is 1. The number of aromatic amines is 1. The molecule has 3 heterocycles. The lowest BCUT2D eigenvalue weighted by atomic mass is 10.1. The van der Waals surface area contributed by atoms with Gasteiger partial charge < -0.3 is 24.8 Å². The monoisotopic (exact) mass is 423 g/mol. The van der Waals surface area contributed by atoms with Crippen LogP contribution >= 0.6 is 23.8 Å². The Hall–Kier alpha value is -2.15. The lowest BCUT2D eigenvalue weighted by Gasteiger charge is -2.18. The van der Waals surface area contributed by atoms with Crippen molar-refractivity contribution in [2.75, 3.05) is 13.7 Å². The van der Waals surface area contributed by atoms with Gasteiger partial charge in [-0.15, -0.1) is 0 Å². The molecule has 11 heteroatoms. The smallest absolute Gasteiger partial charge is 0.329 e. The van der Waals surface area contributed by atoms with Gasteiger partial charge in [0.2, 0.25) is 0 Å². The van der Waals surface area contributed by atoms with Crippen LogP contribution in [-0.2, 0) is 4.74 Å². The highest BCUT2D eigenvalue weighted by Crippen LogP contribution is 2.35. The fraction of sp³-hybridized carbons (Fsp3) is 0.353. The number of hydrogen-bond donors (Lipinski definition) is 4. The number of ether oxygens (including phenoxy) is 2. The Labute approximate surface area is 167 Å². The molecule has 0 saturated carbocycles. The highest BCUT2D eigenvalue weighted by Gasteiger charge is 2.44. The molecule has 2 aromatic heterocycles. The number of benzene rings is 1. The van der Waals surface area contributed by atoms with Crippen molar-refractivity contribution in [2.45, 2.75) is 24.5 Å². The Bertz CT molecular complexity index is 1120. The molecule has 0 radical (unpaired) electrons. The minimum absolute atomic E-state index is 0.211. The molecular formula is C17H17N3O6S2. The second kappa shape index (κ2) is 7.35. The molecule has 4 atom stereocenters. The average molecular weight is 423 g/mol. The minimum atomic E-state index is -1.39. The zero-order valence-electron chi connectivity index (χ0n) is 14.6. The summed E-state index contributed by atoms with van der Waals surface area (Å²) in [7, 11) is 1.57. The number of H-pyrrole nitrogens is 1. The average Bonchev–Trinajstić information content (AvgIpc) is 3.25. The predicted octanol–water partition coefficient (Wildman–Crippen LogP) is 0.803. The molecule has 0 unspecified atom stereocenters. The van der Waals surface area contributed by atoms with E-state index in [0.717, 1.165) is 17.1 Å². The van der Waals surface area contributed by atoms with E-state index in [2.05, 4.69) is 9.36 Å². The third kappa shape index (κ3) is 2.96. The van der Waals surface area contributed by atoms with Crippen LogP contribution in [0.3, 0.4) is 0 Å². The lowest BCUT2D eigenvalue weighted by molar-refractivity contribution is -0.0525. The SMILES string of the molecule is COc1ccc(-c2nsc3c2c(=S)[nH]c(=O)n3[C@@H]2O[C@H](CO)[C@@H](O)[C@H]2O)cc1. The quantitative estimate of drug-likeness (QED) is 0.454. The fourth-order valence-corrected chi connectivity index (χ4v) is 4.52. The third-order valence-electron chi connectivity index (χ3n) is 4.69. The number of hydrogen-bond acceptors (Lipinski definition) is 9. The van der Waals surface area contributed by atoms with Crippen molar-refractivity contribution in [3.05, 3.63) is 39.4 Å². The maximum absolute atomic E-state index is 12.6. The summed E-state index contributed by atoms with van der Waals surface area (Å²) in [5, 5.41) is 30.2. The molecule has 148 valence electrons. The zero-order chi connectivity index (χ0) is 20.0. The van der Waals surface area contributed by atoms with Gasteiger partial charge in [0, 0.05) is 5.56 Å². The summed E-state index contributed by atoms with van der Waals surface area (Å²) in [6, 6.07) is 7.22. The standard InChI is InChI=1S/C17H17N3O6S2/c1-25-8-4-2-7(3-5-8)11-10-14(27)18-17(24)20(16(10)28-19-11)15-13(23)12(22)9(6-21)26-15/h2-5,9,12-13,15,21-23H,6H2,1H3,(H,18,24,27)/t9-,12-,13-,15-/m1/s1. The summed E-state index contributed by atoms with van der Waals surface area (Å²) in [6.07, 6.45) is -4.90. The van der Waals surface area contributed by atoms with Gasteiger partial charge in [0.15, 0.2) is 6.23 Å². The molecule has 28 heavy (non-hydrogen) atoms. The molecule has 0 amide bonds. The van der Waals surface area contributed by atoms with Crippen molar-refractivity contribution in [3.8, 4) is 17.0 Å². The van der Waals surface area contributed by atoms with Gasteiger partial charge in [-0.25, -0.2) is 4.79 Å². The number of methoxy groups -OCH3 is 1. The van der Waals surface area contributed by atoms with Crippen molar-refractivity contribution in [2.24, 2.45) is 0 Å². The van der Waals surface area contributed by atoms with Crippen LogP contribution in [0.15, 0.2) is 29.1 Å². The van der Waals surface area contributed by atoms with E-state index in [4.69, 9.17) is 21.7 Å². The summed E-state index contributed by atoms with van der Waals surface area (Å²) in [5.41, 5.74) is 0.750. The summed E-state index contributed by atoms with van der Waals surface area (Å²) >= 11 is 6.38. The highest BCUT2D eigenvalue weighted by molar-refractivity contribution is 7.71. The van der Waals surface area contributed by atoms with Crippen LogP contribution in [0.2, 0.25) is 0 Å². The lowest BCUT2D eigenvalue weighted by Crippen LogP contribution is -2.36. The van der Waals surface area contributed by atoms with E-state index in [9.17, 15) is 20.1 Å². The van der Waals surface area contributed by atoms with Gasteiger partial charge in [0.25, 0.3) is 0 Å². The largest absolute Gasteiger partial charge is 0.497 e. The molecule has 0 aliphatic carbocycles. The molecule has 1 aliphatic heterocycles. The normalized spacial score (nSPS) is 24.7. The summed E-state index contributed by atoms with van der Waals surface area (Å²) in [4.78, 5) is 15.6. The molecular weight excluding hydrogens is 406 g/mol. The molecule has 9 nitrogen and oxygen atoms in total. The minimum Gasteiger partial charge on any atom is -0.497 e. The number of aromatic nitrogens is 3. The Balaban J connectivity index is 1.89. The topological polar surface area (TPSA) is 130 Å². The Morgan fingerprint density at radius 1 is 1.32 bits per heavy atom. The molecule has 1 aliphatic rings. The Kier molecular flexibility index (Phi) is 5.04. The number of rotatable bonds is 4. The van der Waals surface area contributed by atoms with Crippen LogP contribution in [-0.4, -0.2) is 61.3 Å². The van der Waals surface area contributed by atoms with E-state index >= 15 is 0 Å². The fourth-order valence-electron chi connectivity index (χ4n) is 3.23. The third-order valence-corrected chi connectivity index (χ3v) is 5.85. The van der Waals surface area contributed by atoms with Gasteiger partial charge in [-0.05, 0) is 35.8 Å². The van der Waals surface area contributed by atoms with Crippen LogP contribution in [0.5, 0.6) is 5.75 Å². The maximum Gasteiger partial charge on any atom is 0.329 e. The first kappa shape index (κ1) is 19.2. The van der Waals surface area contributed by atoms with Gasteiger partial charge in [0.1, 0.15) is 33.5 Å². The van der Waals surface area contributed by atoms with E-state index in [1.54, 1.807) is 19.2 Å². The molecule has 1 saturated heterocycles. The molecule has 4 rings (SSSR count). The molecule has 1 fully saturated rings. The van der Waals surface area contributed by atoms with Crippen LogP contribution in [0, 0.1) is 4.64 Å². The number of aliphatic hydroxyl groups is 3. The molecule has 3 aromatic rings. The first-order valence-corrected chi connectivity index (χ1v) is 9.55. The highest BCUT2D eigenvalue weighted by atomic mass is 32.1. The summed E-state index contributed by atoms with van der Waals surface area (Å²) < 4.78 is 16.5. The van der Waals surface area contributed by atoms with E-state index in [-0.39, 0.29) is 4.64 Å². The molecule has 0 bridgehead atoms. The molecule has 0 spiro atoms. The van der Waals surface area contributed by atoms with Crippen molar-refractivity contribution < 1.29 is 24.8 Å². The van der Waals surface area contributed by atoms with E-state index in [1.807, 2.05) is 12.1 Å². The second-order valence-electron chi connectivity index (χ2n) is 6.30. The number of aliphatic hydroxyl groups excluding tert-OH is 3. The summed E-state index contributed by atoms with van der Waals surface area (Å²) in [5.74, 6) is 0.692. The maximum atomic E-state index is 12.6. The van der Waals surface area contributed by atoms with E-state index < -0.39 is 36.8 Å². The van der Waals surface area contributed by atoms with Crippen molar-refractivity contribution in [1.82, 2.24) is 13.9 Å². The Morgan fingerprint density at radius 3 is 2.64 bits per heavy atom. The van der Waals surface area contributed by atoms with Gasteiger partial charge >= 0.3 is 5.69 Å². The van der Waals surface area contributed by atoms with Crippen molar-refractivity contribution >= 4 is 34.0 Å². The van der Waals surface area contributed by atoms with Gasteiger partial charge in [0.05, 0.1) is 24.8 Å². The van der Waals surface area contributed by atoms with Gasteiger partial charge in [-0.2, -0.15) is 4.37 Å². The van der Waals surface area contributed by atoms with E-state index in [0.29, 0.717) is 21.7 Å². The van der Waals surface area contributed by atoms with Crippen LogP contribution in [0.1, 0.15) is 6.23 Å². The van der Waals surface area contributed by atoms with Crippen LogP contribution < -0.4 is 10.4 Å². The van der Waals surface area contributed by atoms with Gasteiger partial charge in [-0.1, -0.05) is 12.2 Å². The van der Waals surface area contributed by atoms with Crippen LogP contribution in [0.25, 0.3) is 21.5 Å². The van der Waals surface area contributed by atoms with E-state index in [1.165, 1.54) is 4.57 Å². The van der Waals surface area contributed by atoms with Gasteiger partial charge in [-0.3, -0.25) is 9.55 Å². The summed E-state index contributed by atoms with van der Waals surface area (Å²) in [6.45, 7) is -0.491. The second-order valence-corrected chi connectivity index (χ2v) is 7.46. The first-order valence-electron chi connectivity index (χ1n) is 8.37. The number of nitrogens with zero attached hydrogens (tertiary/aromatic N) is 2. The van der Waals surface area contributed by atoms with Crippen molar-refractivity contribution in [3.63, 3.8) is 0 Å². The first-order chi connectivity index (χ1) is 13.5. The predicted molar refractivity (Wildman–Crippen MR) is 104 cm³/mol. The number of fused-ring (bicyclic) bond motifs is 1. The van der Waals surface area contributed by atoms with Crippen LogP contribution in [0.4, 0.5) is 0 Å².